The van der Waals surface area contributed by atoms with Crippen LogP contribution < -0.4 is 15.5 Å². The van der Waals surface area contributed by atoms with E-state index in [4.69, 9.17) is 33.4 Å². The Balaban J connectivity index is 2.19. The number of nitrogens with zero attached hydrogens (tertiary/aromatic N) is 2. The Morgan fingerprint density at radius 2 is 1.11 bits per heavy atom. The fraction of sp³-hybridized carbons (Fsp3) is 0.787. The summed E-state index contributed by atoms with van der Waals surface area (Å²) >= 11 is 0. The van der Waals surface area contributed by atoms with Gasteiger partial charge in [0.2, 0.25) is 29.5 Å². The van der Waals surface area contributed by atoms with E-state index in [9.17, 15) is 39.0 Å². The minimum absolute atomic E-state index is 0.00853. The zero-order valence-corrected chi connectivity index (χ0v) is 40.9. The molecule has 66 heavy (non-hydrogen) atoms. The quantitative estimate of drug-likeness (QED) is 0.0338. The molecule has 0 radical (unpaired) electrons. The van der Waals surface area contributed by atoms with E-state index in [1.54, 1.807) is 27.7 Å². The van der Waals surface area contributed by atoms with Gasteiger partial charge in [0.15, 0.2) is 0 Å². The van der Waals surface area contributed by atoms with Crippen molar-refractivity contribution in [3.63, 3.8) is 0 Å². The Hall–Kier alpha value is -4.46. The van der Waals surface area contributed by atoms with E-state index >= 15 is 0 Å². The number of aromatic hydroxyl groups is 2. The Bertz CT molecular complexity index is 1520. The van der Waals surface area contributed by atoms with E-state index in [0.29, 0.717) is 17.6 Å². The highest BCUT2D eigenvalue weighted by Crippen LogP contribution is 2.19. The van der Waals surface area contributed by atoms with E-state index in [0.717, 1.165) is 55.7 Å². The standard InChI is InChI=1S/C47H82N4O15/c1-8-50(63-34-33-61-35-39(53)48-29-30-60-31-32-62-36-44(58)66-51-41(55)27-28-42(51)56)40(54)26-25-37(45(59)65-47(5,6)7)49-38(52)23-21-19-17-15-13-11-9-10-12-14-16-18-20-22-24-43(57)64-46(2,3)4/h27-28,37,55-56H,8-26,29-36H2,1-7H3,(H,48,53)(H,49,52). The number of aromatic nitrogens is 1. The second kappa shape index (κ2) is 34.8. The first-order valence-corrected chi connectivity index (χ1v) is 23.8. The number of hydrogen-bond donors (Lipinski definition) is 4. The number of nitrogens with one attached hydrogen (secondary N) is 2. The van der Waals surface area contributed by atoms with Crippen LogP contribution in [-0.2, 0) is 57.3 Å². The summed E-state index contributed by atoms with van der Waals surface area (Å²) in [7, 11) is 0. The number of hydroxylamine groups is 2. The van der Waals surface area contributed by atoms with Crippen LogP contribution in [0.3, 0.4) is 0 Å². The third kappa shape index (κ3) is 32.3. The van der Waals surface area contributed by atoms with Crippen molar-refractivity contribution in [1.29, 1.82) is 0 Å². The van der Waals surface area contributed by atoms with Gasteiger partial charge in [-0.2, -0.15) is 0 Å². The third-order valence-electron chi connectivity index (χ3n) is 9.55. The summed E-state index contributed by atoms with van der Waals surface area (Å²) < 4.78 is 27.3. The highest BCUT2D eigenvalue weighted by Gasteiger charge is 2.28. The van der Waals surface area contributed by atoms with Crippen molar-refractivity contribution in [2.24, 2.45) is 0 Å². The Kier molecular flexibility index (Phi) is 31.4. The number of hydrogen-bond acceptors (Lipinski definition) is 15. The van der Waals surface area contributed by atoms with Crippen LogP contribution in [0.4, 0.5) is 0 Å². The molecule has 1 aromatic heterocycles. The van der Waals surface area contributed by atoms with Crippen LogP contribution in [-0.4, -0.2) is 132 Å². The zero-order chi connectivity index (χ0) is 49.2. The molecule has 1 rings (SSSR count). The minimum Gasteiger partial charge on any atom is -0.492 e. The molecule has 1 heterocycles. The second-order valence-corrected chi connectivity index (χ2v) is 18.0. The summed E-state index contributed by atoms with van der Waals surface area (Å²) in [4.78, 5) is 84.8. The molecule has 0 saturated heterocycles. The lowest BCUT2D eigenvalue weighted by molar-refractivity contribution is -0.190. The van der Waals surface area contributed by atoms with Crippen molar-refractivity contribution < 1.29 is 72.3 Å². The molecule has 0 spiro atoms. The average Bonchev–Trinajstić information content (AvgIpc) is 3.54. The van der Waals surface area contributed by atoms with Gasteiger partial charge in [0.25, 0.3) is 0 Å². The van der Waals surface area contributed by atoms with Crippen molar-refractivity contribution in [2.45, 2.75) is 181 Å². The van der Waals surface area contributed by atoms with Crippen LogP contribution in [0.1, 0.15) is 164 Å². The molecule has 0 bridgehead atoms. The maximum atomic E-state index is 13.0. The smallest absolute Gasteiger partial charge is 0.358 e. The molecule has 380 valence electrons. The van der Waals surface area contributed by atoms with Crippen molar-refractivity contribution >= 4 is 35.6 Å². The molecule has 0 aliphatic carbocycles. The highest BCUT2D eigenvalue weighted by molar-refractivity contribution is 5.85. The summed E-state index contributed by atoms with van der Waals surface area (Å²) in [6, 6.07) is 1.31. The van der Waals surface area contributed by atoms with E-state index < -0.39 is 47.5 Å². The fourth-order valence-corrected chi connectivity index (χ4v) is 6.37. The molecule has 0 fully saturated rings. The lowest BCUT2D eigenvalue weighted by Crippen LogP contribution is -2.45. The Morgan fingerprint density at radius 3 is 1.65 bits per heavy atom. The first-order chi connectivity index (χ1) is 31.3. The second-order valence-electron chi connectivity index (χ2n) is 18.0. The molecule has 19 heteroatoms. The summed E-state index contributed by atoms with van der Waals surface area (Å²) in [6.07, 6.45) is 16.2. The van der Waals surface area contributed by atoms with Gasteiger partial charge in [-0.15, -0.1) is 4.73 Å². The van der Waals surface area contributed by atoms with Gasteiger partial charge in [0, 0.05) is 44.5 Å². The number of carbonyl (C=O) groups is 6. The normalized spacial score (nSPS) is 12.0. The van der Waals surface area contributed by atoms with Gasteiger partial charge in [-0.3, -0.25) is 24.0 Å². The predicted octanol–water partition coefficient (Wildman–Crippen LogP) is 5.99. The number of rotatable bonds is 38. The maximum absolute atomic E-state index is 13.0. The Labute approximate surface area is 392 Å². The first kappa shape index (κ1) is 59.6. The molecule has 4 N–H and O–H groups in total. The molecular weight excluding hydrogens is 861 g/mol. The molecule has 1 unspecified atom stereocenters. The highest BCUT2D eigenvalue weighted by atomic mass is 16.7. The van der Waals surface area contributed by atoms with Crippen molar-refractivity contribution in [2.75, 3.05) is 59.3 Å². The monoisotopic (exact) mass is 943 g/mol. The van der Waals surface area contributed by atoms with Crippen molar-refractivity contribution in [3.05, 3.63) is 12.1 Å². The lowest BCUT2D eigenvalue weighted by atomic mass is 10.0. The summed E-state index contributed by atoms with van der Waals surface area (Å²) in [5.41, 5.74) is -1.19. The SMILES string of the molecule is CCN(OCCOCC(=O)NCCOCCOCC(=O)On1c(O)ccc1O)C(=O)CCC(NC(=O)CCCCCCCCCCCCCCCCC(=O)OC(C)(C)C)C(=O)OC(C)(C)C. The van der Waals surface area contributed by atoms with Crippen LogP contribution in [0.15, 0.2) is 12.1 Å². The summed E-state index contributed by atoms with van der Waals surface area (Å²) in [5, 5.41) is 25.5. The summed E-state index contributed by atoms with van der Waals surface area (Å²) in [5.74, 6) is -3.49. The Morgan fingerprint density at radius 1 is 0.606 bits per heavy atom. The average molecular weight is 943 g/mol. The van der Waals surface area contributed by atoms with E-state index in [2.05, 4.69) is 10.6 Å². The fourth-order valence-electron chi connectivity index (χ4n) is 6.37. The van der Waals surface area contributed by atoms with Gasteiger partial charge in [0.05, 0.1) is 33.0 Å². The topological polar surface area (TPSA) is 240 Å². The number of esters is 2. The number of unbranched alkanes of at least 4 members (excludes halogenated alkanes) is 13. The molecule has 0 aliphatic rings. The van der Waals surface area contributed by atoms with Crippen molar-refractivity contribution in [3.8, 4) is 11.8 Å². The number of carbonyl (C=O) groups excluding carboxylic acids is 6. The van der Waals surface area contributed by atoms with Gasteiger partial charge in [-0.05, 0) is 67.7 Å². The predicted molar refractivity (Wildman–Crippen MR) is 245 cm³/mol. The molecule has 19 nitrogen and oxygen atoms in total. The molecule has 3 amide bonds. The molecule has 0 aromatic carbocycles. The first-order valence-electron chi connectivity index (χ1n) is 23.8. The van der Waals surface area contributed by atoms with Gasteiger partial charge in [-0.25, -0.2) is 14.7 Å². The minimum atomic E-state index is -0.996. The maximum Gasteiger partial charge on any atom is 0.358 e. The molecule has 1 aromatic rings. The molecular formula is C47H82N4O15. The van der Waals surface area contributed by atoms with E-state index in [1.165, 1.54) is 44.9 Å². The van der Waals surface area contributed by atoms with E-state index in [-0.39, 0.29) is 95.7 Å². The van der Waals surface area contributed by atoms with Gasteiger partial charge in [0.1, 0.15) is 30.5 Å². The van der Waals surface area contributed by atoms with E-state index in [1.807, 2.05) is 20.8 Å². The molecule has 1 atom stereocenters. The van der Waals surface area contributed by atoms with Gasteiger partial charge < -0.3 is 49.4 Å². The molecule has 0 aliphatic heterocycles. The number of ether oxygens (including phenoxy) is 5. The number of amides is 3. The zero-order valence-electron chi connectivity index (χ0n) is 40.9. The molecule has 0 saturated carbocycles. The lowest BCUT2D eigenvalue weighted by Gasteiger charge is -2.25. The summed E-state index contributed by atoms with van der Waals surface area (Å²) in [6.45, 7) is 12.7. The van der Waals surface area contributed by atoms with Gasteiger partial charge >= 0.3 is 17.9 Å². The van der Waals surface area contributed by atoms with Gasteiger partial charge in [-0.1, -0.05) is 77.0 Å². The third-order valence-corrected chi connectivity index (χ3v) is 9.55. The van der Waals surface area contributed by atoms with Crippen LogP contribution in [0.25, 0.3) is 0 Å². The van der Waals surface area contributed by atoms with Crippen LogP contribution >= 0.6 is 0 Å². The van der Waals surface area contributed by atoms with Crippen molar-refractivity contribution in [1.82, 2.24) is 20.4 Å². The largest absolute Gasteiger partial charge is 0.492 e. The van der Waals surface area contributed by atoms with Crippen LogP contribution in [0.2, 0.25) is 0 Å². The van der Waals surface area contributed by atoms with Crippen LogP contribution in [0.5, 0.6) is 11.8 Å². The van der Waals surface area contributed by atoms with Crippen LogP contribution in [0, 0.1) is 0 Å².